The Hall–Kier alpha value is -2.93. The number of aliphatic carboxylic acids is 1. The second-order valence-electron chi connectivity index (χ2n) is 10.6. The Morgan fingerprint density at radius 1 is 0.925 bits per heavy atom. The Kier molecular flexibility index (Phi) is 16.0. The van der Waals surface area contributed by atoms with Crippen molar-refractivity contribution < 1.29 is 19.1 Å². The summed E-state index contributed by atoms with van der Waals surface area (Å²) in [5.74, 6) is -1.10. The predicted octanol–water partition coefficient (Wildman–Crippen LogP) is 7.51. The molecule has 1 aromatic heterocycles. The van der Waals surface area contributed by atoms with Crippen LogP contribution in [0.2, 0.25) is 0 Å². The number of anilines is 1. The summed E-state index contributed by atoms with van der Waals surface area (Å²) in [6.45, 7) is 7.77. The zero-order valence-corrected chi connectivity index (χ0v) is 24.9. The van der Waals surface area contributed by atoms with E-state index in [-0.39, 0.29) is 23.9 Å². The first-order valence-electron chi connectivity index (χ1n) is 15.4. The fourth-order valence-electron chi connectivity index (χ4n) is 5.28. The summed E-state index contributed by atoms with van der Waals surface area (Å²) in [5.41, 5.74) is 0.772. The molecule has 7 heteroatoms. The molecule has 2 rings (SSSR count). The van der Waals surface area contributed by atoms with E-state index in [2.05, 4.69) is 17.1 Å². The Balaban J connectivity index is 1.98. The molecule has 0 aliphatic carbocycles. The zero-order chi connectivity index (χ0) is 29.2. The molecule has 0 aliphatic rings. The summed E-state index contributed by atoms with van der Waals surface area (Å²) in [7, 11) is 0. The van der Waals surface area contributed by atoms with Gasteiger partial charge in [-0.1, -0.05) is 82.9 Å². The lowest BCUT2D eigenvalue weighted by Gasteiger charge is -2.25. The van der Waals surface area contributed by atoms with Crippen LogP contribution in [0.15, 0.2) is 45.6 Å². The smallest absolute Gasteiger partial charge is 0.349 e. The van der Waals surface area contributed by atoms with E-state index >= 15 is 0 Å². The lowest BCUT2D eigenvalue weighted by Crippen LogP contribution is -2.36. The molecule has 1 atom stereocenters. The maximum Gasteiger partial charge on any atom is 0.349 e. The lowest BCUT2D eigenvalue weighted by atomic mass is 9.99. The first kappa shape index (κ1) is 33.3. The number of nitrogens with one attached hydrogen (secondary N) is 1. The number of para-hydroxylation sites is 1. The third kappa shape index (κ3) is 11.3. The van der Waals surface area contributed by atoms with Crippen molar-refractivity contribution in [1.82, 2.24) is 5.32 Å². The average Bonchev–Trinajstić information content (AvgIpc) is 2.94. The molecular formula is C33H50N2O5. The lowest BCUT2D eigenvalue weighted by molar-refractivity contribution is -0.131. The number of carboxylic acids is 1. The molecule has 0 spiro atoms. The Bertz CT molecular complexity index is 1120. The normalized spacial score (nSPS) is 12.3. The van der Waals surface area contributed by atoms with Crippen molar-refractivity contribution in [2.24, 2.45) is 0 Å². The monoisotopic (exact) mass is 554 g/mol. The van der Waals surface area contributed by atoms with Crippen LogP contribution in [0.3, 0.4) is 0 Å². The van der Waals surface area contributed by atoms with Gasteiger partial charge in [0, 0.05) is 30.6 Å². The second kappa shape index (κ2) is 19.2. The second-order valence-corrected chi connectivity index (χ2v) is 10.6. The largest absolute Gasteiger partial charge is 0.478 e. The van der Waals surface area contributed by atoms with Crippen molar-refractivity contribution in [3.8, 4) is 0 Å². The number of carboxylic acid groups (broad SMARTS) is 1. The van der Waals surface area contributed by atoms with Crippen molar-refractivity contribution >= 4 is 28.4 Å². The third-order valence-electron chi connectivity index (χ3n) is 7.54. The van der Waals surface area contributed by atoms with Crippen LogP contribution in [0.5, 0.6) is 0 Å². The number of unbranched alkanes of at least 4 members (excludes halogenated alkanes) is 9. The number of hydrogen-bond acceptors (Lipinski definition) is 6. The van der Waals surface area contributed by atoms with E-state index in [0.29, 0.717) is 24.4 Å². The summed E-state index contributed by atoms with van der Waals surface area (Å²) < 4.78 is 5.58. The molecule has 0 amide bonds. The Morgan fingerprint density at radius 2 is 1.55 bits per heavy atom. The van der Waals surface area contributed by atoms with E-state index < -0.39 is 11.6 Å². The van der Waals surface area contributed by atoms with Gasteiger partial charge in [0.25, 0.3) is 0 Å². The highest BCUT2D eigenvalue weighted by Gasteiger charge is 2.24. The van der Waals surface area contributed by atoms with E-state index in [1.54, 1.807) is 12.1 Å². The summed E-state index contributed by atoms with van der Waals surface area (Å²) >= 11 is 0. The fourth-order valence-corrected chi connectivity index (χ4v) is 5.28. The van der Waals surface area contributed by atoms with Gasteiger partial charge in [0.2, 0.25) is 0 Å². The number of allylic oxidation sites excluding steroid dienone is 1. The van der Waals surface area contributed by atoms with Crippen LogP contribution in [0, 0.1) is 0 Å². The first-order chi connectivity index (χ1) is 19.4. The van der Waals surface area contributed by atoms with Crippen LogP contribution in [0.4, 0.5) is 5.69 Å². The van der Waals surface area contributed by atoms with Gasteiger partial charge < -0.3 is 19.7 Å². The fraction of sp³-hybridized carbons (Fsp3) is 0.606. The Morgan fingerprint density at radius 3 is 2.20 bits per heavy atom. The third-order valence-corrected chi connectivity index (χ3v) is 7.54. The molecule has 7 nitrogen and oxygen atoms in total. The molecule has 0 bridgehead atoms. The van der Waals surface area contributed by atoms with Crippen molar-refractivity contribution in [3.63, 3.8) is 0 Å². The van der Waals surface area contributed by atoms with E-state index in [1.807, 2.05) is 32.0 Å². The quantitative estimate of drug-likeness (QED) is 0.0672. The van der Waals surface area contributed by atoms with Crippen LogP contribution in [0.25, 0.3) is 11.0 Å². The summed E-state index contributed by atoms with van der Waals surface area (Å²) in [4.78, 5) is 39.1. The molecule has 1 unspecified atom stereocenters. The molecule has 0 fully saturated rings. The van der Waals surface area contributed by atoms with Crippen LogP contribution in [-0.4, -0.2) is 42.5 Å². The SMILES string of the molecule is CCCCCCC(CCCCCCCC/C=C/C(=O)O)NCC(=O)c1c(N(CC)CC)c2ccccc2oc1=O. The number of carbonyl (C=O) groups excluding carboxylic acids is 1. The number of rotatable bonds is 22. The van der Waals surface area contributed by atoms with Crippen LogP contribution >= 0.6 is 0 Å². The molecule has 0 saturated carbocycles. The van der Waals surface area contributed by atoms with Crippen LogP contribution in [-0.2, 0) is 4.79 Å². The van der Waals surface area contributed by atoms with E-state index in [4.69, 9.17) is 9.52 Å². The van der Waals surface area contributed by atoms with E-state index in [9.17, 15) is 14.4 Å². The number of fused-ring (bicyclic) bond motifs is 1. The molecule has 1 heterocycles. The molecule has 2 aromatic rings. The average molecular weight is 555 g/mol. The van der Waals surface area contributed by atoms with Gasteiger partial charge in [-0.25, -0.2) is 9.59 Å². The zero-order valence-electron chi connectivity index (χ0n) is 24.9. The van der Waals surface area contributed by atoms with Gasteiger partial charge in [0.05, 0.1) is 12.2 Å². The maximum absolute atomic E-state index is 13.5. The molecule has 0 radical (unpaired) electrons. The van der Waals surface area contributed by atoms with Gasteiger partial charge in [-0.05, 0) is 51.7 Å². The van der Waals surface area contributed by atoms with Gasteiger partial charge in [-0.3, -0.25) is 4.79 Å². The van der Waals surface area contributed by atoms with Crippen molar-refractivity contribution in [3.05, 3.63) is 52.4 Å². The van der Waals surface area contributed by atoms with Gasteiger partial charge in [-0.15, -0.1) is 0 Å². The number of nitrogens with zero attached hydrogens (tertiary/aromatic N) is 1. The molecular weight excluding hydrogens is 504 g/mol. The van der Waals surface area contributed by atoms with Crippen LogP contribution < -0.4 is 15.8 Å². The van der Waals surface area contributed by atoms with Crippen LogP contribution in [0.1, 0.15) is 115 Å². The number of hydrogen-bond donors (Lipinski definition) is 2. The summed E-state index contributed by atoms with van der Waals surface area (Å²) in [5, 5.41) is 12.9. The molecule has 40 heavy (non-hydrogen) atoms. The minimum absolute atomic E-state index is 0.125. The number of ketones is 1. The predicted molar refractivity (Wildman–Crippen MR) is 165 cm³/mol. The van der Waals surface area contributed by atoms with Crippen molar-refractivity contribution in [2.45, 2.75) is 110 Å². The minimum Gasteiger partial charge on any atom is -0.478 e. The molecule has 0 saturated heterocycles. The van der Waals surface area contributed by atoms with Gasteiger partial charge in [0.1, 0.15) is 11.1 Å². The topological polar surface area (TPSA) is 99.8 Å². The highest BCUT2D eigenvalue weighted by Crippen LogP contribution is 2.29. The summed E-state index contributed by atoms with van der Waals surface area (Å²) in [6.07, 6.45) is 17.2. The molecule has 222 valence electrons. The summed E-state index contributed by atoms with van der Waals surface area (Å²) in [6, 6.07) is 7.68. The van der Waals surface area contributed by atoms with Crippen molar-refractivity contribution in [1.29, 1.82) is 0 Å². The van der Waals surface area contributed by atoms with E-state index in [0.717, 1.165) is 69.6 Å². The first-order valence-corrected chi connectivity index (χ1v) is 15.4. The van der Waals surface area contributed by atoms with Gasteiger partial charge in [-0.2, -0.15) is 0 Å². The number of carbonyl (C=O) groups is 2. The van der Waals surface area contributed by atoms with Gasteiger partial charge in [0.15, 0.2) is 5.78 Å². The number of benzene rings is 1. The maximum atomic E-state index is 13.5. The van der Waals surface area contributed by atoms with E-state index in [1.165, 1.54) is 25.3 Å². The molecule has 0 aliphatic heterocycles. The number of Topliss-reactive ketones (excluding diaryl/α,β-unsaturated/α-hetero) is 1. The van der Waals surface area contributed by atoms with Crippen molar-refractivity contribution in [2.75, 3.05) is 24.5 Å². The standard InChI is InChI=1S/C33H50N2O5/c1-4-7-8-15-20-26(21-16-13-11-9-10-12-14-17-24-30(37)38)34-25-28(36)31-32(35(5-2)6-3)27-22-18-19-23-29(27)40-33(31)39/h17-19,22-24,26,34H,4-16,20-21,25H2,1-3H3,(H,37,38)/b24-17+. The molecule has 1 aromatic carbocycles. The minimum atomic E-state index is -0.885. The molecule has 2 N–H and O–H groups in total. The highest BCUT2D eigenvalue weighted by atomic mass is 16.4. The highest BCUT2D eigenvalue weighted by molar-refractivity contribution is 6.08. The Labute approximate surface area is 240 Å². The van der Waals surface area contributed by atoms with Gasteiger partial charge >= 0.3 is 11.6 Å².